The van der Waals surface area contributed by atoms with Crippen molar-refractivity contribution in [1.29, 1.82) is 0 Å². The fourth-order valence-corrected chi connectivity index (χ4v) is 1.21. The van der Waals surface area contributed by atoms with E-state index in [4.69, 9.17) is 9.47 Å². The predicted molar refractivity (Wildman–Crippen MR) is 61.2 cm³/mol. The molecule has 0 saturated heterocycles. The Kier molecular flexibility index (Phi) is 4.90. The predicted octanol–water partition coefficient (Wildman–Crippen LogP) is 3.51. The normalized spacial score (nSPS) is 11.8. The van der Waals surface area contributed by atoms with E-state index >= 15 is 0 Å². The zero-order chi connectivity index (χ0) is 12.1. The van der Waals surface area contributed by atoms with Gasteiger partial charge in [-0.3, -0.25) is 0 Å². The van der Waals surface area contributed by atoms with E-state index in [0.29, 0.717) is 11.9 Å². The second kappa shape index (κ2) is 5.97. The summed E-state index contributed by atoms with van der Waals surface area (Å²) in [5.74, 6) is -0.297. The van der Waals surface area contributed by atoms with Gasteiger partial charge in [-0.1, -0.05) is 12.1 Å². The second-order valence-electron chi connectivity index (χ2n) is 4.13. The minimum Gasteiger partial charge on any atom is -0.339 e. The van der Waals surface area contributed by atoms with Gasteiger partial charge < -0.3 is 9.47 Å². The molecule has 16 heavy (non-hydrogen) atoms. The number of hydrogen-bond acceptors (Lipinski definition) is 2. The summed E-state index contributed by atoms with van der Waals surface area (Å²) in [6.45, 7) is 7.62. The first-order chi connectivity index (χ1) is 7.49. The molecule has 0 heterocycles. The lowest BCUT2D eigenvalue weighted by molar-refractivity contribution is -0.0730. The maximum atomic E-state index is 13.1. The van der Waals surface area contributed by atoms with Gasteiger partial charge in [-0.25, -0.2) is 4.39 Å². The van der Waals surface area contributed by atoms with Crippen molar-refractivity contribution >= 4 is 0 Å². The van der Waals surface area contributed by atoms with Gasteiger partial charge in [0.2, 0.25) is 0 Å². The molecule has 1 radical (unpaired) electrons. The Morgan fingerprint density at radius 1 is 1.06 bits per heavy atom. The fourth-order valence-electron chi connectivity index (χ4n) is 1.21. The van der Waals surface area contributed by atoms with E-state index in [2.05, 4.69) is 0 Å². The highest BCUT2D eigenvalue weighted by atomic mass is 19.1. The van der Waals surface area contributed by atoms with Gasteiger partial charge in [-0.05, 0) is 39.8 Å². The molecule has 0 spiro atoms. The van der Waals surface area contributed by atoms with E-state index in [9.17, 15) is 4.39 Å². The Bertz CT molecular complexity index is 313. The van der Waals surface area contributed by atoms with Crippen LogP contribution in [0.4, 0.5) is 4.39 Å². The summed E-state index contributed by atoms with van der Waals surface area (Å²) in [4.78, 5) is 0. The zero-order valence-electron chi connectivity index (χ0n) is 10.2. The Labute approximate surface area is 96.4 Å². The van der Waals surface area contributed by atoms with Crippen LogP contribution < -0.4 is 0 Å². The number of halogens is 1. The molecule has 2 nitrogen and oxygen atoms in total. The van der Waals surface area contributed by atoms with Gasteiger partial charge in [0.15, 0.2) is 0 Å². The molecule has 0 bridgehead atoms. The molecular formula is C13H18FO2. The van der Waals surface area contributed by atoms with Gasteiger partial charge in [0, 0.05) is 5.56 Å². The summed E-state index contributed by atoms with van der Waals surface area (Å²) >= 11 is 0. The third-order valence-electron chi connectivity index (χ3n) is 1.75. The van der Waals surface area contributed by atoms with Gasteiger partial charge in [-0.15, -0.1) is 0 Å². The zero-order valence-corrected chi connectivity index (χ0v) is 10.2. The highest BCUT2D eigenvalue weighted by molar-refractivity contribution is 5.25. The molecule has 89 valence electrons. The van der Waals surface area contributed by atoms with Crippen LogP contribution in [0.3, 0.4) is 0 Å². The van der Waals surface area contributed by atoms with Crippen LogP contribution in [0.5, 0.6) is 0 Å². The van der Waals surface area contributed by atoms with E-state index in [1.807, 2.05) is 27.7 Å². The first-order valence-corrected chi connectivity index (χ1v) is 5.45. The minimum atomic E-state index is -0.297. The molecule has 3 heteroatoms. The average Bonchev–Trinajstić information content (AvgIpc) is 2.15. The van der Waals surface area contributed by atoms with Crippen molar-refractivity contribution in [2.24, 2.45) is 0 Å². The number of hydrogen-bond donors (Lipinski definition) is 0. The molecule has 0 saturated carbocycles. The van der Waals surface area contributed by atoms with Crippen molar-refractivity contribution in [2.75, 3.05) is 0 Å². The van der Waals surface area contributed by atoms with E-state index in [1.54, 1.807) is 12.1 Å². The summed E-state index contributed by atoms with van der Waals surface area (Å²) < 4.78 is 24.1. The third kappa shape index (κ3) is 4.29. The molecule has 1 aromatic carbocycles. The Hall–Kier alpha value is -0.930. The summed E-state index contributed by atoms with van der Waals surface area (Å²) in [7, 11) is 0. The lowest BCUT2D eigenvalue weighted by atomic mass is 10.2. The third-order valence-corrected chi connectivity index (χ3v) is 1.75. The number of benzene rings is 1. The van der Waals surface area contributed by atoms with Crippen LogP contribution in [-0.2, 0) is 9.47 Å². The average molecular weight is 225 g/mol. The summed E-state index contributed by atoms with van der Waals surface area (Å²) in [6, 6.07) is 6.20. The molecule has 1 rings (SSSR count). The summed E-state index contributed by atoms with van der Waals surface area (Å²) in [5.41, 5.74) is 0.627. The fraction of sp³-hybridized carbons (Fsp3) is 0.462. The topological polar surface area (TPSA) is 18.5 Å². The SMILES string of the molecule is CC(C)O[C](OC(C)C)c1cccc(F)c1. The molecule has 0 fully saturated rings. The monoisotopic (exact) mass is 225 g/mol. The lowest BCUT2D eigenvalue weighted by Gasteiger charge is -2.21. The van der Waals surface area contributed by atoms with Crippen molar-refractivity contribution < 1.29 is 13.9 Å². The molecule has 0 atom stereocenters. The van der Waals surface area contributed by atoms with Crippen LogP contribution in [0.25, 0.3) is 0 Å². The van der Waals surface area contributed by atoms with E-state index in [1.165, 1.54) is 12.1 Å². The Morgan fingerprint density at radius 2 is 1.62 bits per heavy atom. The first kappa shape index (κ1) is 13.1. The second-order valence-corrected chi connectivity index (χ2v) is 4.13. The van der Waals surface area contributed by atoms with Crippen LogP contribution in [0.15, 0.2) is 24.3 Å². The number of rotatable bonds is 5. The van der Waals surface area contributed by atoms with Crippen LogP contribution in [0.1, 0.15) is 33.3 Å². The Balaban J connectivity index is 2.82. The molecule has 0 aliphatic heterocycles. The van der Waals surface area contributed by atoms with Crippen LogP contribution >= 0.6 is 0 Å². The van der Waals surface area contributed by atoms with Crippen molar-refractivity contribution in [3.05, 3.63) is 41.9 Å². The molecule has 0 aromatic heterocycles. The summed E-state index contributed by atoms with van der Waals surface area (Å²) in [6.07, 6.45) is 0.374. The van der Waals surface area contributed by atoms with Gasteiger partial charge >= 0.3 is 0 Å². The minimum absolute atomic E-state index is 0.00276. The van der Waals surface area contributed by atoms with E-state index < -0.39 is 0 Å². The van der Waals surface area contributed by atoms with Gasteiger partial charge in [0.05, 0.1) is 12.2 Å². The molecule has 0 N–H and O–H groups in total. The highest BCUT2D eigenvalue weighted by Crippen LogP contribution is 2.21. The molecule has 0 unspecified atom stereocenters. The largest absolute Gasteiger partial charge is 0.339 e. The first-order valence-electron chi connectivity index (χ1n) is 5.45. The smallest absolute Gasteiger partial charge is 0.256 e. The van der Waals surface area contributed by atoms with Crippen LogP contribution in [-0.4, -0.2) is 12.2 Å². The van der Waals surface area contributed by atoms with Crippen molar-refractivity contribution in [2.45, 2.75) is 39.9 Å². The van der Waals surface area contributed by atoms with Crippen LogP contribution in [0.2, 0.25) is 0 Å². The molecular weight excluding hydrogens is 207 g/mol. The van der Waals surface area contributed by atoms with Crippen molar-refractivity contribution in [3.8, 4) is 0 Å². The van der Waals surface area contributed by atoms with E-state index in [0.717, 1.165) is 0 Å². The van der Waals surface area contributed by atoms with Crippen LogP contribution in [0, 0.1) is 12.1 Å². The molecule has 0 aliphatic rings. The molecule has 0 aliphatic carbocycles. The molecule has 0 amide bonds. The van der Waals surface area contributed by atoms with Gasteiger partial charge in [0.1, 0.15) is 5.82 Å². The highest BCUT2D eigenvalue weighted by Gasteiger charge is 2.18. The van der Waals surface area contributed by atoms with Crippen molar-refractivity contribution in [3.63, 3.8) is 0 Å². The standard InChI is InChI=1S/C13H18FO2/c1-9(2)15-13(16-10(3)4)11-6-5-7-12(14)8-11/h5-10H,1-4H3. The molecule has 1 aromatic rings. The maximum absolute atomic E-state index is 13.1. The Morgan fingerprint density at radius 3 is 2.06 bits per heavy atom. The van der Waals surface area contributed by atoms with E-state index in [-0.39, 0.29) is 18.0 Å². The van der Waals surface area contributed by atoms with Crippen molar-refractivity contribution in [1.82, 2.24) is 0 Å². The lowest BCUT2D eigenvalue weighted by Crippen LogP contribution is -2.18. The number of ether oxygens (including phenoxy) is 2. The van der Waals surface area contributed by atoms with Gasteiger partial charge in [0.25, 0.3) is 6.29 Å². The quantitative estimate of drug-likeness (QED) is 0.763. The summed E-state index contributed by atoms with van der Waals surface area (Å²) in [5, 5.41) is 0. The maximum Gasteiger partial charge on any atom is 0.256 e. The van der Waals surface area contributed by atoms with Gasteiger partial charge in [-0.2, -0.15) is 0 Å².